The van der Waals surface area contributed by atoms with E-state index in [0.29, 0.717) is 34.9 Å². The summed E-state index contributed by atoms with van der Waals surface area (Å²) in [4.78, 5) is 0. The third kappa shape index (κ3) is 3.97. The number of alkyl halides is 1. The van der Waals surface area contributed by atoms with Crippen molar-refractivity contribution >= 4 is 23.2 Å². The summed E-state index contributed by atoms with van der Waals surface area (Å²) in [5.41, 5.74) is 0.921. The molecule has 1 aromatic rings. The Bertz CT molecular complexity index is 367. The predicted molar refractivity (Wildman–Crippen MR) is 72.5 cm³/mol. The van der Waals surface area contributed by atoms with Crippen molar-refractivity contribution < 1.29 is 9.47 Å². The molecule has 2 nitrogen and oxygen atoms in total. The lowest BCUT2D eigenvalue weighted by atomic mass is 10.1. The molecule has 0 aromatic heterocycles. The van der Waals surface area contributed by atoms with Gasteiger partial charge in [-0.15, -0.1) is 11.6 Å². The van der Waals surface area contributed by atoms with Gasteiger partial charge in [0.1, 0.15) is 0 Å². The van der Waals surface area contributed by atoms with Gasteiger partial charge in [0.2, 0.25) is 0 Å². The number of halogens is 2. The maximum absolute atomic E-state index is 6.16. The molecule has 0 N–H and O–H groups in total. The monoisotopic (exact) mass is 276 g/mol. The Balaban J connectivity index is 2.89. The van der Waals surface area contributed by atoms with Crippen LogP contribution in [-0.4, -0.2) is 13.7 Å². The quantitative estimate of drug-likeness (QED) is 0.712. The molecule has 4 heteroatoms. The number of methoxy groups -OCH3 is 1. The number of benzene rings is 1. The number of rotatable bonds is 6. The molecule has 17 heavy (non-hydrogen) atoms. The van der Waals surface area contributed by atoms with Gasteiger partial charge in [0.15, 0.2) is 11.5 Å². The topological polar surface area (TPSA) is 18.5 Å². The van der Waals surface area contributed by atoms with Crippen molar-refractivity contribution in [2.45, 2.75) is 26.1 Å². The molecule has 0 fully saturated rings. The molecule has 0 saturated carbocycles. The Morgan fingerprint density at radius 3 is 2.59 bits per heavy atom. The van der Waals surface area contributed by atoms with Crippen molar-refractivity contribution in [1.29, 1.82) is 0 Å². The van der Waals surface area contributed by atoms with E-state index in [1.54, 1.807) is 7.11 Å². The van der Waals surface area contributed by atoms with Gasteiger partial charge in [0.05, 0.1) is 18.7 Å². The van der Waals surface area contributed by atoms with Gasteiger partial charge in [0, 0.05) is 5.88 Å². The highest BCUT2D eigenvalue weighted by atomic mass is 35.5. The van der Waals surface area contributed by atoms with E-state index in [2.05, 4.69) is 13.8 Å². The molecule has 0 radical (unpaired) electrons. The van der Waals surface area contributed by atoms with E-state index in [1.165, 1.54) is 0 Å². The van der Waals surface area contributed by atoms with Crippen LogP contribution in [0.3, 0.4) is 0 Å². The van der Waals surface area contributed by atoms with Gasteiger partial charge in [-0.25, -0.2) is 0 Å². The molecule has 0 spiro atoms. The van der Waals surface area contributed by atoms with Crippen LogP contribution in [0.2, 0.25) is 5.02 Å². The Kier molecular flexibility index (Phi) is 5.93. The molecule has 1 unspecified atom stereocenters. The zero-order valence-corrected chi connectivity index (χ0v) is 11.9. The first-order chi connectivity index (χ1) is 8.12. The molecule has 0 heterocycles. The van der Waals surface area contributed by atoms with Gasteiger partial charge >= 0.3 is 0 Å². The molecule has 0 aliphatic rings. The lowest BCUT2D eigenvalue weighted by Crippen LogP contribution is -2.08. The molecule has 0 saturated heterocycles. The van der Waals surface area contributed by atoms with Crippen LogP contribution < -0.4 is 9.47 Å². The van der Waals surface area contributed by atoms with E-state index in [4.69, 9.17) is 32.7 Å². The summed E-state index contributed by atoms with van der Waals surface area (Å²) in [5.74, 6) is 2.13. The van der Waals surface area contributed by atoms with Crippen LogP contribution in [-0.2, 0) is 5.88 Å². The summed E-state index contributed by atoms with van der Waals surface area (Å²) < 4.78 is 11.0. The van der Waals surface area contributed by atoms with Gasteiger partial charge in [-0.05, 0) is 23.6 Å². The van der Waals surface area contributed by atoms with E-state index in [0.717, 1.165) is 12.0 Å². The fraction of sp³-hybridized carbons (Fsp3) is 0.538. The van der Waals surface area contributed by atoms with E-state index in [1.807, 2.05) is 12.1 Å². The summed E-state index contributed by atoms with van der Waals surface area (Å²) in [7, 11) is 1.60. The van der Waals surface area contributed by atoms with Crippen LogP contribution in [0.25, 0.3) is 0 Å². The number of hydrogen-bond donors (Lipinski definition) is 0. The van der Waals surface area contributed by atoms with Crippen molar-refractivity contribution in [3.63, 3.8) is 0 Å². The molecule has 96 valence electrons. The van der Waals surface area contributed by atoms with E-state index in [9.17, 15) is 0 Å². The molecule has 0 bridgehead atoms. The molecule has 1 aromatic carbocycles. The summed E-state index contributed by atoms with van der Waals surface area (Å²) in [5, 5.41) is 0.545. The van der Waals surface area contributed by atoms with Crippen LogP contribution in [0.15, 0.2) is 12.1 Å². The van der Waals surface area contributed by atoms with E-state index < -0.39 is 0 Å². The van der Waals surface area contributed by atoms with Crippen LogP contribution in [0.5, 0.6) is 11.5 Å². The van der Waals surface area contributed by atoms with Gasteiger partial charge in [-0.2, -0.15) is 0 Å². The van der Waals surface area contributed by atoms with E-state index in [-0.39, 0.29) is 0 Å². The summed E-state index contributed by atoms with van der Waals surface area (Å²) in [6.45, 7) is 4.89. The van der Waals surface area contributed by atoms with Crippen LogP contribution >= 0.6 is 23.2 Å². The first kappa shape index (κ1) is 14.5. The fourth-order valence-electron chi connectivity index (χ4n) is 1.33. The minimum absolute atomic E-state index is 0.404. The SMILES string of the molecule is CCC(C)COc1c(Cl)cc(CCl)cc1OC. The smallest absolute Gasteiger partial charge is 0.179 e. The van der Waals surface area contributed by atoms with Crippen molar-refractivity contribution in [2.75, 3.05) is 13.7 Å². The van der Waals surface area contributed by atoms with Crippen LogP contribution in [0.1, 0.15) is 25.8 Å². The molecule has 1 atom stereocenters. The fourth-order valence-corrected chi connectivity index (χ4v) is 1.78. The van der Waals surface area contributed by atoms with Gasteiger partial charge in [-0.3, -0.25) is 0 Å². The van der Waals surface area contributed by atoms with Crippen LogP contribution in [0.4, 0.5) is 0 Å². The minimum atomic E-state index is 0.404. The van der Waals surface area contributed by atoms with Gasteiger partial charge < -0.3 is 9.47 Å². The maximum atomic E-state index is 6.16. The molecular weight excluding hydrogens is 259 g/mol. The number of ether oxygens (including phenoxy) is 2. The van der Waals surface area contributed by atoms with Crippen LogP contribution in [0, 0.1) is 5.92 Å². The Morgan fingerprint density at radius 1 is 1.35 bits per heavy atom. The lowest BCUT2D eigenvalue weighted by molar-refractivity contribution is 0.244. The largest absolute Gasteiger partial charge is 0.493 e. The zero-order chi connectivity index (χ0) is 12.8. The first-order valence-corrected chi connectivity index (χ1v) is 6.58. The molecule has 1 rings (SSSR count). The average Bonchev–Trinajstić information content (AvgIpc) is 2.35. The Morgan fingerprint density at radius 2 is 2.06 bits per heavy atom. The van der Waals surface area contributed by atoms with Crippen molar-refractivity contribution in [2.24, 2.45) is 5.92 Å². The summed E-state index contributed by atoms with van der Waals surface area (Å²) in [6, 6.07) is 3.66. The highest BCUT2D eigenvalue weighted by Crippen LogP contribution is 2.37. The predicted octanol–water partition coefficient (Wildman–Crippen LogP) is 4.51. The Labute approximate surface area is 113 Å². The second-order valence-corrected chi connectivity index (χ2v) is 4.74. The number of hydrogen-bond acceptors (Lipinski definition) is 2. The van der Waals surface area contributed by atoms with Crippen molar-refractivity contribution in [3.05, 3.63) is 22.7 Å². The highest BCUT2D eigenvalue weighted by Gasteiger charge is 2.12. The highest BCUT2D eigenvalue weighted by molar-refractivity contribution is 6.32. The lowest BCUT2D eigenvalue weighted by Gasteiger charge is -2.15. The molecule has 0 aliphatic carbocycles. The standard InChI is InChI=1S/C13H18Cl2O2/c1-4-9(2)8-17-13-11(15)5-10(7-14)6-12(13)16-3/h5-6,9H,4,7-8H2,1-3H3. The normalized spacial score (nSPS) is 12.3. The molecule has 0 amide bonds. The van der Waals surface area contributed by atoms with E-state index >= 15 is 0 Å². The summed E-state index contributed by atoms with van der Waals surface area (Å²) in [6.07, 6.45) is 1.07. The molecular formula is C13H18Cl2O2. The van der Waals surface area contributed by atoms with Gasteiger partial charge in [-0.1, -0.05) is 31.9 Å². The van der Waals surface area contributed by atoms with Crippen molar-refractivity contribution in [3.8, 4) is 11.5 Å². The third-order valence-electron chi connectivity index (χ3n) is 2.65. The third-order valence-corrected chi connectivity index (χ3v) is 3.24. The maximum Gasteiger partial charge on any atom is 0.179 e. The second kappa shape index (κ2) is 6.97. The molecule has 0 aliphatic heterocycles. The van der Waals surface area contributed by atoms with Crippen molar-refractivity contribution in [1.82, 2.24) is 0 Å². The zero-order valence-electron chi connectivity index (χ0n) is 10.4. The minimum Gasteiger partial charge on any atom is -0.493 e. The first-order valence-electron chi connectivity index (χ1n) is 5.67. The van der Waals surface area contributed by atoms with Gasteiger partial charge in [0.25, 0.3) is 0 Å². The second-order valence-electron chi connectivity index (χ2n) is 4.07. The average molecular weight is 277 g/mol. The Hall–Kier alpha value is -0.600. The summed E-state index contributed by atoms with van der Waals surface area (Å²) >= 11 is 11.9.